The Morgan fingerprint density at radius 1 is 0.442 bits per heavy atom. The van der Waals surface area contributed by atoms with Gasteiger partial charge in [0, 0.05) is 0 Å². The lowest BCUT2D eigenvalue weighted by Gasteiger charge is -2.20. The van der Waals surface area contributed by atoms with Gasteiger partial charge in [-0.3, -0.25) is 9.59 Å². The van der Waals surface area contributed by atoms with Gasteiger partial charge >= 0.3 is 17.9 Å². The van der Waals surface area contributed by atoms with Gasteiger partial charge in [-0.1, -0.05) is 156 Å². The number of carbonyl (C=O) groups is 3. The third-order valence-corrected chi connectivity index (χ3v) is 8.06. The molecule has 0 bridgehead atoms. The highest BCUT2D eigenvalue weighted by atomic mass is 16.6. The van der Waals surface area contributed by atoms with Crippen molar-refractivity contribution in [2.75, 3.05) is 19.8 Å². The molecule has 0 aliphatic rings. The van der Waals surface area contributed by atoms with Gasteiger partial charge in [-0.2, -0.15) is 0 Å². The van der Waals surface area contributed by atoms with Crippen molar-refractivity contribution in [1.29, 1.82) is 0 Å². The molecule has 0 fully saturated rings. The van der Waals surface area contributed by atoms with Crippen LogP contribution >= 0.6 is 0 Å². The maximum Gasteiger partial charge on any atom is 0.335 e. The molecule has 7 heteroatoms. The molecule has 2 unspecified atom stereocenters. The van der Waals surface area contributed by atoms with Gasteiger partial charge in [-0.25, -0.2) is 4.79 Å². The Bertz CT molecular complexity index is 652. The number of aliphatic hydroxyl groups is 1. The summed E-state index contributed by atoms with van der Waals surface area (Å²) in [7, 11) is 0. The van der Waals surface area contributed by atoms with Crippen LogP contribution in [0.15, 0.2) is 0 Å². The number of rotatable bonds is 32. The van der Waals surface area contributed by atoms with Gasteiger partial charge in [0.1, 0.15) is 5.92 Å². The van der Waals surface area contributed by atoms with Crippen LogP contribution in [0.3, 0.4) is 0 Å². The van der Waals surface area contributed by atoms with E-state index < -0.39 is 36.4 Å². The highest BCUT2D eigenvalue weighted by Crippen LogP contribution is 2.17. The van der Waals surface area contributed by atoms with Crippen LogP contribution in [-0.2, 0) is 28.6 Å². The second kappa shape index (κ2) is 31.8. The van der Waals surface area contributed by atoms with Crippen LogP contribution in [0.5, 0.6) is 0 Å². The summed E-state index contributed by atoms with van der Waals surface area (Å²) in [5, 5.41) is 10.7. The number of hydrogen-bond acceptors (Lipinski definition) is 7. The van der Waals surface area contributed by atoms with E-state index in [9.17, 15) is 19.5 Å². The molecule has 0 aliphatic carbocycles. The molecule has 0 amide bonds. The summed E-state index contributed by atoms with van der Waals surface area (Å²) < 4.78 is 16.0. The number of aliphatic hydroxyl groups excluding tert-OH is 1. The van der Waals surface area contributed by atoms with Crippen molar-refractivity contribution >= 4 is 17.9 Å². The maximum atomic E-state index is 12.9. The summed E-state index contributed by atoms with van der Waals surface area (Å²) in [4.78, 5) is 38.0. The number of unbranched alkanes of at least 4 members (excludes halogenated alkanes) is 21. The quantitative estimate of drug-likeness (QED) is 0.0459. The third-order valence-electron chi connectivity index (χ3n) is 8.06. The monoisotopic (exact) mass is 612 g/mol. The smallest absolute Gasteiger partial charge is 0.335 e. The lowest BCUT2D eigenvalue weighted by Crippen LogP contribution is -2.39. The molecule has 2 atom stereocenters. The summed E-state index contributed by atoms with van der Waals surface area (Å²) in [5.74, 6) is -3.56. The van der Waals surface area contributed by atoms with E-state index in [4.69, 9.17) is 14.2 Å². The number of esters is 3. The average Bonchev–Trinajstić information content (AvgIpc) is 3.00. The Morgan fingerprint density at radius 3 is 1.12 bits per heavy atom. The number of carbonyl (C=O) groups excluding carboxylic acids is 3. The highest BCUT2D eigenvalue weighted by Gasteiger charge is 2.37. The molecule has 0 aliphatic heterocycles. The molecule has 0 heterocycles. The van der Waals surface area contributed by atoms with Crippen molar-refractivity contribution in [2.45, 2.75) is 187 Å². The zero-order chi connectivity index (χ0) is 31.8. The summed E-state index contributed by atoms with van der Waals surface area (Å²) in [6.07, 6.45) is 24.7. The fraction of sp³-hybridized carbons (Fsp3) is 0.917. The first-order chi connectivity index (χ1) is 21.0. The highest BCUT2D eigenvalue weighted by molar-refractivity contribution is 5.87. The maximum absolute atomic E-state index is 12.9. The molecule has 254 valence electrons. The molecular weight excluding hydrogens is 544 g/mol. The zero-order valence-corrected chi connectivity index (χ0v) is 28.4. The molecule has 7 nitrogen and oxygen atoms in total. The SMILES string of the molecule is CCCCCCCCCCOC(=O)CC(C(=O)OCCCCCCCCCC)C(O)C(=O)OCCCCCCCCCC. The van der Waals surface area contributed by atoms with Crippen LogP contribution in [0, 0.1) is 5.92 Å². The summed E-state index contributed by atoms with van der Waals surface area (Å²) >= 11 is 0. The molecule has 0 saturated heterocycles. The lowest BCUT2D eigenvalue weighted by atomic mass is 9.98. The second-order valence-electron chi connectivity index (χ2n) is 12.2. The minimum Gasteiger partial charge on any atom is -0.466 e. The van der Waals surface area contributed by atoms with Crippen LogP contribution in [0.25, 0.3) is 0 Å². The minimum atomic E-state index is -1.75. The number of hydrogen-bond donors (Lipinski definition) is 1. The van der Waals surface area contributed by atoms with Crippen LogP contribution in [-0.4, -0.2) is 48.9 Å². The summed E-state index contributed by atoms with van der Waals surface area (Å²) in [5.41, 5.74) is 0. The van der Waals surface area contributed by atoms with Gasteiger partial charge < -0.3 is 19.3 Å². The van der Waals surface area contributed by atoms with E-state index in [0.717, 1.165) is 44.9 Å². The normalized spacial score (nSPS) is 12.6. The van der Waals surface area contributed by atoms with Gasteiger partial charge in [0.15, 0.2) is 6.10 Å². The van der Waals surface area contributed by atoms with Gasteiger partial charge in [-0.05, 0) is 19.3 Å². The number of ether oxygens (including phenoxy) is 3. The van der Waals surface area contributed by atoms with E-state index >= 15 is 0 Å². The Labute approximate surface area is 264 Å². The third kappa shape index (κ3) is 26.5. The fourth-order valence-electron chi connectivity index (χ4n) is 5.16. The fourth-order valence-corrected chi connectivity index (χ4v) is 5.16. The van der Waals surface area contributed by atoms with Gasteiger partial charge in [0.2, 0.25) is 0 Å². The lowest BCUT2D eigenvalue weighted by molar-refractivity contribution is -0.170. The van der Waals surface area contributed by atoms with E-state index in [2.05, 4.69) is 20.8 Å². The Kier molecular flexibility index (Phi) is 30.6. The molecule has 0 aromatic heterocycles. The molecule has 0 radical (unpaired) electrons. The Hall–Kier alpha value is -1.63. The zero-order valence-electron chi connectivity index (χ0n) is 28.4. The first-order valence-corrected chi connectivity index (χ1v) is 18.1. The summed E-state index contributed by atoms with van der Waals surface area (Å²) in [6.45, 7) is 7.27. The van der Waals surface area contributed by atoms with E-state index in [0.29, 0.717) is 12.8 Å². The minimum absolute atomic E-state index is 0.188. The largest absolute Gasteiger partial charge is 0.466 e. The van der Waals surface area contributed by atoms with Crippen LogP contribution in [0.2, 0.25) is 0 Å². The van der Waals surface area contributed by atoms with E-state index in [1.54, 1.807) is 0 Å². The van der Waals surface area contributed by atoms with Crippen molar-refractivity contribution in [3.63, 3.8) is 0 Å². The molecule has 0 spiro atoms. The van der Waals surface area contributed by atoms with Gasteiger partial charge in [-0.15, -0.1) is 0 Å². The topological polar surface area (TPSA) is 99.1 Å². The first kappa shape index (κ1) is 41.4. The predicted molar refractivity (Wildman–Crippen MR) is 175 cm³/mol. The van der Waals surface area contributed by atoms with Gasteiger partial charge in [0.05, 0.1) is 26.2 Å². The van der Waals surface area contributed by atoms with Gasteiger partial charge in [0.25, 0.3) is 0 Å². The molecule has 43 heavy (non-hydrogen) atoms. The molecule has 0 aromatic carbocycles. The predicted octanol–water partition coefficient (Wildman–Crippen LogP) is 9.41. The Balaban J connectivity index is 4.57. The molecule has 0 aromatic rings. The van der Waals surface area contributed by atoms with Crippen molar-refractivity contribution in [2.24, 2.45) is 5.92 Å². The van der Waals surface area contributed by atoms with Crippen LogP contribution in [0.4, 0.5) is 0 Å². The van der Waals surface area contributed by atoms with Crippen molar-refractivity contribution < 1.29 is 33.7 Å². The average molecular weight is 613 g/mol. The van der Waals surface area contributed by atoms with E-state index in [1.807, 2.05) is 0 Å². The van der Waals surface area contributed by atoms with Crippen molar-refractivity contribution in [3.05, 3.63) is 0 Å². The van der Waals surface area contributed by atoms with Crippen molar-refractivity contribution in [1.82, 2.24) is 0 Å². The molecule has 0 saturated carbocycles. The van der Waals surface area contributed by atoms with E-state index in [-0.39, 0.29) is 19.8 Å². The second-order valence-corrected chi connectivity index (χ2v) is 12.2. The first-order valence-electron chi connectivity index (χ1n) is 18.1. The molecule has 0 rings (SSSR count). The molecule has 1 N–H and O–H groups in total. The Morgan fingerprint density at radius 2 is 0.744 bits per heavy atom. The molecular formula is C36H68O7. The van der Waals surface area contributed by atoms with E-state index in [1.165, 1.54) is 96.3 Å². The standard InChI is InChI=1S/C36H68O7/c1-4-7-10-13-16-19-22-25-28-41-33(37)31-32(35(39)42-29-26-23-20-17-14-11-8-5-2)34(38)36(40)43-30-27-24-21-18-15-12-9-6-3/h32,34,38H,4-31H2,1-3H3. The summed E-state index contributed by atoms with van der Waals surface area (Å²) in [6, 6.07) is 0. The van der Waals surface area contributed by atoms with Crippen molar-refractivity contribution in [3.8, 4) is 0 Å². The van der Waals surface area contributed by atoms with Crippen LogP contribution in [0.1, 0.15) is 181 Å². The van der Waals surface area contributed by atoms with Crippen LogP contribution < -0.4 is 0 Å².